The molecule has 2 aromatic carbocycles. The zero-order valence-corrected chi connectivity index (χ0v) is 15.8. The number of sulfonamides is 1. The lowest BCUT2D eigenvalue weighted by Crippen LogP contribution is -2.39. The monoisotopic (exact) mass is 428 g/mol. The molecule has 29 heavy (non-hydrogen) atoms. The molecule has 156 valence electrons. The van der Waals surface area contributed by atoms with Gasteiger partial charge in [-0.25, -0.2) is 24.4 Å². The maximum atomic E-state index is 13.6. The normalized spacial score (nSPS) is 18.8. The van der Waals surface area contributed by atoms with Crippen molar-refractivity contribution in [3.63, 3.8) is 0 Å². The van der Waals surface area contributed by atoms with Crippen LogP contribution in [0.2, 0.25) is 0 Å². The molecule has 2 aliphatic heterocycles. The van der Waals surface area contributed by atoms with Gasteiger partial charge in [0.1, 0.15) is 11.1 Å². The molecule has 0 spiro atoms. The van der Waals surface area contributed by atoms with Crippen LogP contribution in [0.5, 0.6) is 0 Å². The highest BCUT2D eigenvalue weighted by Crippen LogP contribution is 2.41. The van der Waals surface area contributed by atoms with E-state index in [4.69, 9.17) is 5.14 Å². The van der Waals surface area contributed by atoms with E-state index in [0.29, 0.717) is 17.0 Å². The maximum absolute atomic E-state index is 13.6. The summed E-state index contributed by atoms with van der Waals surface area (Å²) >= 11 is 0. The Hall–Kier alpha value is -2.06. The zero-order chi connectivity index (χ0) is 20.8. The standard InChI is InChI=1S/C17H19F3N6O2S/c18-17(19,20)13-6-5-12(10-3-1-9(2-4-10)11-7-22-8-11)14(15(13)29(21,27)28)16-23-25-26-24-16/h1-6,11,16,22-26H,7-8H2,(H2,21,27,28). The maximum Gasteiger partial charge on any atom is 0.417 e. The summed E-state index contributed by atoms with van der Waals surface area (Å²) in [5.74, 6) is 0.391. The van der Waals surface area contributed by atoms with Crippen LogP contribution in [0.25, 0.3) is 11.1 Å². The average Bonchev–Trinajstić information content (AvgIpc) is 3.12. The quantitative estimate of drug-likeness (QED) is 0.427. The molecular formula is C17H19F3N6O2S. The number of hydrogen-bond acceptors (Lipinski definition) is 7. The second-order valence-corrected chi connectivity index (χ2v) is 8.39. The number of halogens is 3. The van der Waals surface area contributed by atoms with E-state index >= 15 is 0 Å². The van der Waals surface area contributed by atoms with Crippen molar-refractivity contribution in [2.45, 2.75) is 23.2 Å². The lowest BCUT2D eigenvalue weighted by atomic mass is 9.90. The average molecular weight is 428 g/mol. The van der Waals surface area contributed by atoms with Gasteiger partial charge in [-0.15, -0.1) is 0 Å². The molecule has 8 nitrogen and oxygen atoms in total. The van der Waals surface area contributed by atoms with Crippen molar-refractivity contribution in [3.05, 3.63) is 53.1 Å². The van der Waals surface area contributed by atoms with E-state index in [2.05, 4.69) is 27.2 Å². The van der Waals surface area contributed by atoms with Crippen LogP contribution in [0.15, 0.2) is 41.3 Å². The van der Waals surface area contributed by atoms with Crippen LogP contribution >= 0.6 is 0 Å². The fourth-order valence-corrected chi connectivity index (χ4v) is 4.55. The number of nitrogens with one attached hydrogen (secondary N) is 5. The van der Waals surface area contributed by atoms with Crippen molar-refractivity contribution in [2.75, 3.05) is 13.1 Å². The third kappa shape index (κ3) is 3.88. The molecule has 2 aromatic rings. The van der Waals surface area contributed by atoms with Crippen molar-refractivity contribution in [1.82, 2.24) is 27.2 Å². The van der Waals surface area contributed by atoms with Gasteiger partial charge in [0.2, 0.25) is 10.0 Å². The van der Waals surface area contributed by atoms with Gasteiger partial charge in [-0.3, -0.25) is 0 Å². The minimum atomic E-state index is -4.89. The number of hydrogen-bond donors (Lipinski definition) is 6. The van der Waals surface area contributed by atoms with Crippen LogP contribution in [-0.4, -0.2) is 21.5 Å². The first-order valence-electron chi connectivity index (χ1n) is 8.75. The Kier molecular flexibility index (Phi) is 5.11. The molecule has 2 saturated heterocycles. The van der Waals surface area contributed by atoms with E-state index in [1.54, 1.807) is 12.1 Å². The Morgan fingerprint density at radius 3 is 2.07 bits per heavy atom. The van der Waals surface area contributed by atoms with Gasteiger partial charge in [0.25, 0.3) is 0 Å². The van der Waals surface area contributed by atoms with Crippen molar-refractivity contribution < 1.29 is 21.6 Å². The summed E-state index contributed by atoms with van der Waals surface area (Å²) < 4.78 is 65.2. The van der Waals surface area contributed by atoms with Gasteiger partial charge in [-0.2, -0.15) is 24.2 Å². The lowest BCUT2D eigenvalue weighted by Gasteiger charge is -2.27. The molecule has 12 heteroatoms. The molecule has 4 rings (SSSR count). The summed E-state index contributed by atoms with van der Waals surface area (Å²) in [5, 5.41) is 8.41. The van der Waals surface area contributed by atoms with Gasteiger partial charge in [-0.05, 0) is 22.8 Å². The Morgan fingerprint density at radius 2 is 1.59 bits per heavy atom. The fraction of sp³-hybridized carbons (Fsp3) is 0.294. The van der Waals surface area contributed by atoms with Crippen LogP contribution < -0.4 is 32.4 Å². The number of rotatable bonds is 4. The molecule has 0 atom stereocenters. The molecule has 0 unspecified atom stereocenters. The summed E-state index contributed by atoms with van der Waals surface area (Å²) in [6.45, 7) is 1.74. The number of primary sulfonamides is 1. The first-order chi connectivity index (χ1) is 13.7. The zero-order valence-electron chi connectivity index (χ0n) is 15.0. The van der Waals surface area contributed by atoms with Crippen molar-refractivity contribution in [3.8, 4) is 11.1 Å². The molecule has 2 aliphatic rings. The van der Waals surface area contributed by atoms with Crippen molar-refractivity contribution in [1.29, 1.82) is 0 Å². The summed E-state index contributed by atoms with van der Waals surface area (Å²) in [6, 6.07) is 9.33. The first-order valence-corrected chi connectivity index (χ1v) is 10.3. The summed E-state index contributed by atoms with van der Waals surface area (Å²) in [5.41, 5.74) is 10.8. The Balaban J connectivity index is 1.91. The molecule has 0 aliphatic carbocycles. The molecule has 0 saturated carbocycles. The summed E-state index contributed by atoms with van der Waals surface area (Å²) in [6.07, 6.45) is -5.87. The number of nitrogens with two attached hydrogens (primary N) is 1. The van der Waals surface area contributed by atoms with Crippen LogP contribution in [0.4, 0.5) is 13.2 Å². The SMILES string of the molecule is NS(=O)(=O)c1c(C(F)(F)F)ccc(-c2ccc(C3CNC3)cc2)c1C1NNNN1. The van der Waals surface area contributed by atoms with Crippen LogP contribution in [0, 0.1) is 0 Å². The highest BCUT2D eigenvalue weighted by atomic mass is 32.2. The van der Waals surface area contributed by atoms with Crippen LogP contribution in [-0.2, 0) is 16.2 Å². The molecule has 2 heterocycles. The number of benzene rings is 2. The fourth-order valence-electron chi connectivity index (χ4n) is 3.52. The molecule has 0 amide bonds. The smallest absolute Gasteiger partial charge is 0.315 e. The predicted octanol–water partition coefficient (Wildman–Crippen LogP) is 0.822. The van der Waals surface area contributed by atoms with Crippen molar-refractivity contribution >= 4 is 10.0 Å². The van der Waals surface area contributed by atoms with E-state index in [1.807, 2.05) is 12.1 Å². The number of hydrazine groups is 3. The molecule has 2 fully saturated rings. The first kappa shape index (κ1) is 20.2. The van der Waals surface area contributed by atoms with Crippen LogP contribution in [0.3, 0.4) is 0 Å². The molecule has 0 radical (unpaired) electrons. The molecule has 7 N–H and O–H groups in total. The van der Waals surface area contributed by atoms with Gasteiger partial charge in [0, 0.05) is 24.6 Å². The second-order valence-electron chi connectivity index (χ2n) is 6.90. The molecular weight excluding hydrogens is 409 g/mol. The Morgan fingerprint density at radius 1 is 0.966 bits per heavy atom. The largest absolute Gasteiger partial charge is 0.417 e. The van der Waals surface area contributed by atoms with E-state index in [0.717, 1.165) is 24.7 Å². The van der Waals surface area contributed by atoms with Gasteiger partial charge in [-0.1, -0.05) is 30.3 Å². The van der Waals surface area contributed by atoms with E-state index in [-0.39, 0.29) is 5.56 Å². The van der Waals surface area contributed by atoms with Gasteiger partial charge >= 0.3 is 6.18 Å². The summed E-state index contributed by atoms with van der Waals surface area (Å²) in [4.78, 5) is -0.967. The Bertz CT molecular complexity index is 1020. The molecule has 0 aromatic heterocycles. The van der Waals surface area contributed by atoms with Gasteiger partial charge < -0.3 is 5.32 Å². The minimum Gasteiger partial charge on any atom is -0.315 e. The van der Waals surface area contributed by atoms with E-state index < -0.39 is 32.8 Å². The van der Waals surface area contributed by atoms with E-state index in [1.165, 1.54) is 6.07 Å². The Labute approximate surface area is 165 Å². The third-order valence-corrected chi connectivity index (χ3v) is 6.05. The lowest BCUT2D eigenvalue weighted by molar-refractivity contribution is -0.140. The number of alkyl halides is 3. The van der Waals surface area contributed by atoms with Gasteiger partial charge in [0.15, 0.2) is 0 Å². The van der Waals surface area contributed by atoms with E-state index in [9.17, 15) is 21.6 Å². The highest BCUT2D eigenvalue weighted by Gasteiger charge is 2.40. The third-order valence-electron chi connectivity index (χ3n) is 5.04. The molecule has 0 bridgehead atoms. The minimum absolute atomic E-state index is 0.127. The van der Waals surface area contributed by atoms with Crippen LogP contribution in [0.1, 0.15) is 28.8 Å². The second kappa shape index (κ2) is 7.32. The van der Waals surface area contributed by atoms with Crippen molar-refractivity contribution in [2.24, 2.45) is 5.14 Å². The van der Waals surface area contributed by atoms with Gasteiger partial charge in [0.05, 0.1) is 5.56 Å². The highest BCUT2D eigenvalue weighted by molar-refractivity contribution is 7.89. The topological polar surface area (TPSA) is 120 Å². The predicted molar refractivity (Wildman–Crippen MR) is 99.1 cm³/mol. The summed E-state index contributed by atoms with van der Waals surface area (Å²) in [7, 11) is -4.70.